The topological polar surface area (TPSA) is 84.9 Å². The number of halogens is 1. The molecule has 0 aliphatic carbocycles. The Kier molecular flexibility index (Phi) is 10.0. The molecule has 1 rings (SSSR count). The fourth-order valence-electron chi connectivity index (χ4n) is 2.36. The van der Waals surface area contributed by atoms with Crippen molar-refractivity contribution in [3.8, 4) is 5.75 Å². The maximum Gasteiger partial charge on any atom is 0.408 e. The van der Waals surface area contributed by atoms with E-state index in [-0.39, 0.29) is 0 Å². The molecular weight excluding hydrogens is 370 g/mol. The SMILES string of the molecule is CC(C)(C)OC(=O)NC(CCCc1ccc(OCCCCCl)cc1)C(=O)O. The van der Waals surface area contributed by atoms with Gasteiger partial charge in [-0.2, -0.15) is 0 Å². The molecule has 6 nitrogen and oxygen atoms in total. The van der Waals surface area contributed by atoms with Gasteiger partial charge < -0.3 is 19.9 Å². The second-order valence-corrected chi connectivity index (χ2v) is 7.70. The van der Waals surface area contributed by atoms with Crippen molar-refractivity contribution in [3.63, 3.8) is 0 Å². The lowest BCUT2D eigenvalue weighted by Crippen LogP contribution is -2.43. The molecule has 1 amide bonds. The predicted octanol–water partition coefficient (Wildman–Crippen LogP) is 4.39. The number of ether oxygens (including phenoxy) is 2. The smallest absolute Gasteiger partial charge is 0.408 e. The standard InChI is InChI=1S/C20H30ClNO5/c1-20(2,3)27-19(25)22-17(18(23)24)8-6-7-15-9-11-16(12-10-15)26-14-5-4-13-21/h9-12,17H,4-8,13-14H2,1-3H3,(H,22,25)(H,23,24). The zero-order valence-corrected chi connectivity index (χ0v) is 17.1. The first kappa shape index (κ1) is 23.1. The minimum absolute atomic E-state index is 0.325. The summed E-state index contributed by atoms with van der Waals surface area (Å²) in [6.45, 7) is 5.83. The number of alkyl halides is 1. The highest BCUT2D eigenvalue weighted by atomic mass is 35.5. The van der Waals surface area contributed by atoms with Gasteiger partial charge in [0, 0.05) is 5.88 Å². The molecular formula is C20H30ClNO5. The number of carboxylic acid groups (broad SMARTS) is 1. The predicted molar refractivity (Wildman–Crippen MR) is 106 cm³/mol. The van der Waals surface area contributed by atoms with Crippen LogP contribution >= 0.6 is 11.6 Å². The van der Waals surface area contributed by atoms with E-state index in [9.17, 15) is 14.7 Å². The van der Waals surface area contributed by atoms with Crippen LogP contribution in [0.5, 0.6) is 5.75 Å². The second kappa shape index (κ2) is 11.7. The van der Waals surface area contributed by atoms with Gasteiger partial charge in [-0.3, -0.25) is 0 Å². The molecule has 0 aliphatic rings. The second-order valence-electron chi connectivity index (χ2n) is 7.32. The van der Waals surface area contributed by atoms with Crippen LogP contribution in [0.3, 0.4) is 0 Å². The van der Waals surface area contributed by atoms with Crippen molar-refractivity contribution in [1.29, 1.82) is 0 Å². The zero-order chi connectivity index (χ0) is 20.3. The van der Waals surface area contributed by atoms with Gasteiger partial charge in [-0.05, 0) is 70.6 Å². The molecule has 1 aromatic carbocycles. The number of aryl methyl sites for hydroxylation is 1. The summed E-state index contributed by atoms with van der Waals surface area (Å²) < 4.78 is 10.7. The van der Waals surface area contributed by atoms with Gasteiger partial charge in [-0.1, -0.05) is 12.1 Å². The Morgan fingerprint density at radius 1 is 1.15 bits per heavy atom. The largest absolute Gasteiger partial charge is 0.494 e. The van der Waals surface area contributed by atoms with E-state index in [1.54, 1.807) is 20.8 Å². The van der Waals surface area contributed by atoms with Gasteiger partial charge in [0.05, 0.1) is 6.61 Å². The maximum absolute atomic E-state index is 11.8. The highest BCUT2D eigenvalue weighted by molar-refractivity contribution is 6.17. The molecule has 0 bridgehead atoms. The highest BCUT2D eigenvalue weighted by Gasteiger charge is 2.23. The van der Waals surface area contributed by atoms with Crippen molar-refractivity contribution in [1.82, 2.24) is 5.32 Å². The number of nitrogens with one attached hydrogen (secondary N) is 1. The molecule has 1 unspecified atom stereocenters. The summed E-state index contributed by atoms with van der Waals surface area (Å²) in [7, 11) is 0. The van der Waals surface area contributed by atoms with Crippen LogP contribution in [0.15, 0.2) is 24.3 Å². The molecule has 0 spiro atoms. The Hall–Kier alpha value is -1.95. The Balaban J connectivity index is 2.40. The lowest BCUT2D eigenvalue weighted by atomic mass is 10.0. The van der Waals surface area contributed by atoms with Crippen LogP contribution in [0.1, 0.15) is 52.0 Å². The number of alkyl carbamates (subject to hydrolysis) is 1. The zero-order valence-electron chi connectivity index (χ0n) is 16.3. The van der Waals surface area contributed by atoms with Crippen LogP contribution < -0.4 is 10.1 Å². The molecule has 2 N–H and O–H groups in total. The third-order valence-corrected chi connectivity index (χ3v) is 3.93. The Morgan fingerprint density at radius 3 is 2.37 bits per heavy atom. The molecule has 0 heterocycles. The summed E-state index contributed by atoms with van der Waals surface area (Å²) in [4.78, 5) is 23.1. The Bertz CT molecular complexity index is 583. The molecule has 0 saturated heterocycles. The quantitative estimate of drug-likeness (QED) is 0.426. The highest BCUT2D eigenvalue weighted by Crippen LogP contribution is 2.15. The van der Waals surface area contributed by atoms with E-state index in [2.05, 4.69) is 5.32 Å². The fourth-order valence-corrected chi connectivity index (χ4v) is 2.55. The van der Waals surface area contributed by atoms with E-state index < -0.39 is 23.7 Å². The average molecular weight is 400 g/mol. The van der Waals surface area contributed by atoms with Crippen LogP contribution in [-0.2, 0) is 16.0 Å². The molecule has 1 atom stereocenters. The molecule has 0 fully saturated rings. The molecule has 1 aromatic rings. The van der Waals surface area contributed by atoms with Crippen molar-refractivity contribution < 1.29 is 24.2 Å². The number of hydrogen-bond acceptors (Lipinski definition) is 4. The van der Waals surface area contributed by atoms with E-state index in [0.29, 0.717) is 31.7 Å². The van der Waals surface area contributed by atoms with Crippen molar-refractivity contribution >= 4 is 23.7 Å². The number of carbonyl (C=O) groups excluding carboxylic acids is 1. The lowest BCUT2D eigenvalue weighted by molar-refractivity contribution is -0.139. The molecule has 152 valence electrons. The monoisotopic (exact) mass is 399 g/mol. The third kappa shape index (κ3) is 10.7. The average Bonchev–Trinajstić information content (AvgIpc) is 2.57. The van der Waals surface area contributed by atoms with E-state index in [4.69, 9.17) is 21.1 Å². The van der Waals surface area contributed by atoms with Gasteiger partial charge in [-0.25, -0.2) is 9.59 Å². The van der Waals surface area contributed by atoms with Crippen molar-refractivity contribution in [3.05, 3.63) is 29.8 Å². The van der Waals surface area contributed by atoms with Crippen molar-refractivity contribution in [2.75, 3.05) is 12.5 Å². The number of rotatable bonds is 11. The van der Waals surface area contributed by atoms with Crippen LogP contribution in [0.25, 0.3) is 0 Å². The summed E-state index contributed by atoms with van der Waals surface area (Å²) in [6, 6.07) is 6.78. The Labute approximate surface area is 166 Å². The Morgan fingerprint density at radius 2 is 1.81 bits per heavy atom. The first-order valence-corrected chi connectivity index (χ1v) is 9.75. The summed E-state index contributed by atoms with van der Waals surface area (Å²) in [5.41, 5.74) is 0.422. The molecule has 0 aliphatic heterocycles. The van der Waals surface area contributed by atoms with Gasteiger partial charge in [0.2, 0.25) is 0 Å². The van der Waals surface area contributed by atoms with Gasteiger partial charge >= 0.3 is 12.1 Å². The van der Waals surface area contributed by atoms with E-state index in [0.717, 1.165) is 24.2 Å². The molecule has 7 heteroatoms. The minimum atomic E-state index is -1.07. The first-order valence-electron chi connectivity index (χ1n) is 9.21. The normalized spacial score (nSPS) is 12.3. The van der Waals surface area contributed by atoms with Crippen LogP contribution in [-0.4, -0.2) is 41.3 Å². The number of aliphatic carboxylic acids is 1. The fraction of sp³-hybridized carbons (Fsp3) is 0.600. The summed E-state index contributed by atoms with van der Waals surface area (Å²) >= 11 is 5.63. The first-order chi connectivity index (χ1) is 12.7. The number of benzene rings is 1. The minimum Gasteiger partial charge on any atom is -0.494 e. The summed E-state index contributed by atoms with van der Waals surface area (Å²) in [5, 5.41) is 11.7. The van der Waals surface area contributed by atoms with Gasteiger partial charge in [0.15, 0.2) is 0 Å². The molecule has 0 aromatic heterocycles. The van der Waals surface area contributed by atoms with Crippen molar-refractivity contribution in [2.45, 2.75) is 64.5 Å². The molecule has 0 radical (unpaired) electrons. The van der Waals surface area contributed by atoms with E-state index in [1.807, 2.05) is 24.3 Å². The maximum atomic E-state index is 11.8. The van der Waals surface area contributed by atoms with Crippen LogP contribution in [0, 0.1) is 0 Å². The van der Waals surface area contributed by atoms with E-state index in [1.165, 1.54) is 0 Å². The van der Waals surface area contributed by atoms with Gasteiger partial charge in [-0.15, -0.1) is 11.6 Å². The third-order valence-electron chi connectivity index (χ3n) is 3.67. The lowest BCUT2D eigenvalue weighted by Gasteiger charge is -2.22. The van der Waals surface area contributed by atoms with E-state index >= 15 is 0 Å². The summed E-state index contributed by atoms with van der Waals surface area (Å²) in [5.74, 6) is 0.382. The van der Waals surface area contributed by atoms with Crippen LogP contribution in [0.2, 0.25) is 0 Å². The summed E-state index contributed by atoms with van der Waals surface area (Å²) in [6.07, 6.45) is 2.81. The number of unbranched alkanes of at least 4 members (excludes halogenated alkanes) is 1. The van der Waals surface area contributed by atoms with Gasteiger partial charge in [0.1, 0.15) is 17.4 Å². The van der Waals surface area contributed by atoms with Crippen LogP contribution in [0.4, 0.5) is 4.79 Å². The van der Waals surface area contributed by atoms with Crippen molar-refractivity contribution in [2.24, 2.45) is 0 Å². The number of amides is 1. The number of carboxylic acids is 1. The molecule has 27 heavy (non-hydrogen) atoms. The number of carbonyl (C=O) groups is 2. The molecule has 0 saturated carbocycles. The van der Waals surface area contributed by atoms with Gasteiger partial charge in [0.25, 0.3) is 0 Å². The number of hydrogen-bond donors (Lipinski definition) is 2.